The zero-order valence-electron chi connectivity index (χ0n) is 13.5. The van der Waals surface area contributed by atoms with E-state index in [0.29, 0.717) is 5.82 Å². The molecule has 1 N–H and O–H groups in total. The van der Waals surface area contributed by atoms with Crippen LogP contribution in [0.15, 0.2) is 49.1 Å². The normalized spacial score (nSPS) is 12.1. The summed E-state index contributed by atoms with van der Waals surface area (Å²) in [5.41, 5.74) is 3.40. The second kappa shape index (κ2) is 6.62. The smallest absolute Gasteiger partial charge is 0.305 e. The van der Waals surface area contributed by atoms with Gasteiger partial charge >= 0.3 is 5.97 Å². The van der Waals surface area contributed by atoms with Crippen molar-refractivity contribution in [3.63, 3.8) is 0 Å². The fourth-order valence-electron chi connectivity index (χ4n) is 2.65. The fourth-order valence-corrected chi connectivity index (χ4v) is 2.65. The Hall–Kier alpha value is -3.02. The molecule has 0 saturated carbocycles. The Morgan fingerprint density at radius 1 is 1.12 bits per heavy atom. The summed E-state index contributed by atoms with van der Waals surface area (Å²) in [6, 6.07) is 9.57. The molecule has 6 nitrogen and oxygen atoms in total. The fraction of sp³-hybridized carbons (Fsp3) is 0.222. The Labute approximate surface area is 139 Å². The van der Waals surface area contributed by atoms with Crippen LogP contribution in [-0.4, -0.2) is 30.6 Å². The lowest BCUT2D eigenvalue weighted by Crippen LogP contribution is -2.11. The summed E-state index contributed by atoms with van der Waals surface area (Å²) in [6.07, 6.45) is 5.20. The van der Waals surface area contributed by atoms with Crippen LogP contribution in [0.4, 0.5) is 0 Å². The number of carboxylic acid groups (broad SMARTS) is 1. The summed E-state index contributed by atoms with van der Waals surface area (Å²) in [5.74, 6) is -0.159. The molecule has 0 spiro atoms. The third-order valence-corrected chi connectivity index (χ3v) is 3.84. The molecule has 1 aromatic carbocycles. The van der Waals surface area contributed by atoms with Crippen LogP contribution in [0, 0.1) is 6.92 Å². The summed E-state index contributed by atoms with van der Waals surface area (Å²) in [4.78, 5) is 24.1. The topological polar surface area (TPSA) is 80.9 Å². The molecule has 3 aromatic rings. The van der Waals surface area contributed by atoms with Gasteiger partial charge < -0.3 is 9.67 Å². The maximum atomic E-state index is 11.1. The third kappa shape index (κ3) is 3.17. The molecule has 2 heterocycles. The van der Waals surface area contributed by atoms with Crippen molar-refractivity contribution in [3.8, 4) is 22.5 Å². The van der Waals surface area contributed by atoms with E-state index in [1.807, 2.05) is 48.7 Å². The van der Waals surface area contributed by atoms with E-state index in [4.69, 9.17) is 5.11 Å². The number of benzene rings is 1. The van der Waals surface area contributed by atoms with E-state index < -0.39 is 5.97 Å². The van der Waals surface area contributed by atoms with Gasteiger partial charge in [-0.05, 0) is 13.8 Å². The first-order chi connectivity index (χ1) is 11.6. The van der Waals surface area contributed by atoms with E-state index in [9.17, 15) is 4.79 Å². The molecule has 0 radical (unpaired) electrons. The molecular weight excluding hydrogens is 304 g/mol. The lowest BCUT2D eigenvalue weighted by atomic mass is 10.1. The highest BCUT2D eigenvalue weighted by Gasteiger charge is 2.20. The minimum absolute atomic E-state index is 0.0182. The number of aromatic nitrogens is 4. The van der Waals surface area contributed by atoms with Crippen LogP contribution in [-0.2, 0) is 4.79 Å². The van der Waals surface area contributed by atoms with Crippen molar-refractivity contribution in [1.82, 2.24) is 19.5 Å². The second-order valence-electron chi connectivity index (χ2n) is 5.68. The van der Waals surface area contributed by atoms with Gasteiger partial charge in [-0.25, -0.2) is 15.0 Å². The highest BCUT2D eigenvalue weighted by molar-refractivity contribution is 5.78. The number of hydrogen-bond donors (Lipinski definition) is 1. The molecule has 1 unspecified atom stereocenters. The first-order valence-corrected chi connectivity index (χ1v) is 7.69. The number of nitrogens with zero attached hydrogens (tertiary/aromatic N) is 4. The SMILES string of the molecule is Cc1ncc(-c2c(-c3ccccc3)ncn2C(C)CC(=O)O)cn1. The van der Waals surface area contributed by atoms with Crippen molar-refractivity contribution in [2.24, 2.45) is 0 Å². The Balaban J connectivity index is 2.15. The van der Waals surface area contributed by atoms with Gasteiger partial charge in [0.15, 0.2) is 0 Å². The zero-order chi connectivity index (χ0) is 17.1. The van der Waals surface area contributed by atoms with Gasteiger partial charge in [0.2, 0.25) is 0 Å². The average Bonchev–Trinajstić information content (AvgIpc) is 3.01. The number of hydrogen-bond acceptors (Lipinski definition) is 4. The first-order valence-electron chi connectivity index (χ1n) is 7.69. The molecule has 0 aliphatic heterocycles. The second-order valence-corrected chi connectivity index (χ2v) is 5.68. The van der Waals surface area contributed by atoms with E-state index in [-0.39, 0.29) is 12.5 Å². The van der Waals surface area contributed by atoms with Crippen molar-refractivity contribution >= 4 is 5.97 Å². The Morgan fingerprint density at radius 2 is 1.79 bits per heavy atom. The van der Waals surface area contributed by atoms with Gasteiger partial charge in [0.1, 0.15) is 5.82 Å². The molecule has 1 atom stereocenters. The molecule has 122 valence electrons. The molecular formula is C18H18N4O2. The van der Waals surface area contributed by atoms with Crippen LogP contribution < -0.4 is 0 Å². The summed E-state index contributed by atoms with van der Waals surface area (Å²) in [7, 11) is 0. The lowest BCUT2D eigenvalue weighted by Gasteiger charge is -2.16. The Morgan fingerprint density at radius 3 is 2.42 bits per heavy atom. The van der Waals surface area contributed by atoms with Gasteiger partial charge in [-0.15, -0.1) is 0 Å². The molecule has 0 amide bonds. The highest BCUT2D eigenvalue weighted by atomic mass is 16.4. The summed E-state index contributed by atoms with van der Waals surface area (Å²) < 4.78 is 1.88. The van der Waals surface area contributed by atoms with Crippen LogP contribution in [0.1, 0.15) is 25.2 Å². The van der Waals surface area contributed by atoms with Gasteiger partial charge in [0.05, 0.1) is 24.1 Å². The van der Waals surface area contributed by atoms with Crippen molar-refractivity contribution < 1.29 is 9.90 Å². The number of carbonyl (C=O) groups is 1. The van der Waals surface area contributed by atoms with Crippen molar-refractivity contribution in [2.75, 3.05) is 0 Å². The minimum atomic E-state index is -0.844. The molecule has 24 heavy (non-hydrogen) atoms. The molecule has 0 saturated heterocycles. The molecule has 0 aliphatic rings. The Bertz CT molecular complexity index is 841. The van der Waals surface area contributed by atoms with E-state index in [1.54, 1.807) is 18.7 Å². The van der Waals surface area contributed by atoms with Gasteiger partial charge in [-0.1, -0.05) is 30.3 Å². The van der Waals surface area contributed by atoms with Crippen LogP contribution >= 0.6 is 0 Å². The largest absolute Gasteiger partial charge is 0.481 e. The van der Waals surface area contributed by atoms with Gasteiger partial charge in [-0.2, -0.15) is 0 Å². The minimum Gasteiger partial charge on any atom is -0.481 e. The number of aryl methyl sites for hydroxylation is 1. The quantitative estimate of drug-likeness (QED) is 0.779. The average molecular weight is 322 g/mol. The summed E-state index contributed by atoms with van der Waals surface area (Å²) in [5, 5.41) is 9.11. The van der Waals surface area contributed by atoms with E-state index >= 15 is 0 Å². The molecule has 6 heteroatoms. The van der Waals surface area contributed by atoms with Crippen LogP contribution in [0.3, 0.4) is 0 Å². The van der Waals surface area contributed by atoms with Crippen LogP contribution in [0.5, 0.6) is 0 Å². The molecule has 3 rings (SSSR count). The predicted octanol–water partition coefficient (Wildman–Crippen LogP) is 3.35. The van der Waals surface area contributed by atoms with Gasteiger partial charge in [0.25, 0.3) is 0 Å². The number of aliphatic carboxylic acids is 1. The van der Waals surface area contributed by atoms with E-state index in [0.717, 1.165) is 22.5 Å². The third-order valence-electron chi connectivity index (χ3n) is 3.84. The van der Waals surface area contributed by atoms with Crippen molar-refractivity contribution in [3.05, 3.63) is 54.9 Å². The molecule has 0 aliphatic carbocycles. The van der Waals surface area contributed by atoms with Crippen molar-refractivity contribution in [2.45, 2.75) is 26.3 Å². The maximum Gasteiger partial charge on any atom is 0.305 e. The standard InChI is InChI=1S/C18H18N4O2/c1-12(8-16(23)24)22-11-21-17(14-6-4-3-5-7-14)18(22)15-9-19-13(2)20-10-15/h3-7,9-12H,8H2,1-2H3,(H,23,24). The van der Waals surface area contributed by atoms with Gasteiger partial charge in [-0.3, -0.25) is 4.79 Å². The van der Waals surface area contributed by atoms with Crippen molar-refractivity contribution in [1.29, 1.82) is 0 Å². The van der Waals surface area contributed by atoms with Crippen LogP contribution in [0.2, 0.25) is 0 Å². The monoisotopic (exact) mass is 322 g/mol. The first kappa shape index (κ1) is 15.9. The molecule has 2 aromatic heterocycles. The number of rotatable bonds is 5. The Kier molecular flexibility index (Phi) is 4.37. The summed E-state index contributed by atoms with van der Waals surface area (Å²) in [6.45, 7) is 3.69. The van der Waals surface area contributed by atoms with Crippen LogP contribution in [0.25, 0.3) is 22.5 Å². The summed E-state index contributed by atoms with van der Waals surface area (Å²) >= 11 is 0. The molecule has 0 fully saturated rings. The predicted molar refractivity (Wildman–Crippen MR) is 90.4 cm³/mol. The number of imidazole rings is 1. The van der Waals surface area contributed by atoms with Gasteiger partial charge in [0, 0.05) is 29.6 Å². The lowest BCUT2D eigenvalue weighted by molar-refractivity contribution is -0.137. The van der Waals surface area contributed by atoms with E-state index in [2.05, 4.69) is 15.0 Å². The number of carboxylic acids is 1. The zero-order valence-corrected chi connectivity index (χ0v) is 13.5. The molecule has 0 bridgehead atoms. The maximum absolute atomic E-state index is 11.1. The van der Waals surface area contributed by atoms with E-state index in [1.165, 1.54) is 0 Å². The highest BCUT2D eigenvalue weighted by Crippen LogP contribution is 2.33.